The molecule has 0 bridgehead atoms. The van der Waals surface area contributed by atoms with E-state index in [-0.39, 0.29) is 0 Å². The van der Waals surface area contributed by atoms with Crippen LogP contribution < -0.4 is 4.74 Å². The monoisotopic (exact) mass is 311 g/mol. The summed E-state index contributed by atoms with van der Waals surface area (Å²) < 4.78 is 6.33. The van der Waals surface area contributed by atoms with Crippen molar-refractivity contribution in [2.45, 2.75) is 19.3 Å². The molecular weight excluding hydrogens is 302 g/mol. The maximum absolute atomic E-state index is 6.50. The average molecular weight is 313 g/mol. The number of benzene rings is 1. The molecule has 0 amide bonds. The van der Waals surface area contributed by atoms with E-state index in [1.165, 1.54) is 5.56 Å². The van der Waals surface area contributed by atoms with Crippen molar-refractivity contribution < 1.29 is 4.74 Å². The van der Waals surface area contributed by atoms with E-state index in [0.29, 0.717) is 0 Å². The van der Waals surface area contributed by atoms with Crippen LogP contribution in [-0.2, 0) is 12.8 Å². The molecule has 4 heteroatoms. The summed E-state index contributed by atoms with van der Waals surface area (Å²) in [6.07, 6.45) is 3.18. The number of pyridine rings is 1. The maximum atomic E-state index is 6.50. The number of nitrogens with zero attached hydrogens (tertiary/aromatic N) is 1. The molecule has 0 saturated heterocycles. The highest BCUT2D eigenvalue weighted by atomic mass is 79.9. The lowest BCUT2D eigenvalue weighted by atomic mass is 10.1. The predicted molar refractivity (Wildman–Crippen MR) is 73.0 cm³/mol. The van der Waals surface area contributed by atoms with Gasteiger partial charge in [0.15, 0.2) is 0 Å². The number of rotatable bonds is 1. The molecule has 1 heterocycles. The molecule has 0 atom stereocenters. The van der Waals surface area contributed by atoms with E-state index in [1.54, 1.807) is 7.11 Å². The summed E-state index contributed by atoms with van der Waals surface area (Å²) in [4.78, 5) is 4.71. The summed E-state index contributed by atoms with van der Waals surface area (Å²) >= 11 is 10.0. The van der Waals surface area contributed by atoms with Crippen LogP contribution in [0.1, 0.15) is 17.7 Å². The molecule has 0 aliphatic heterocycles. The topological polar surface area (TPSA) is 22.1 Å². The molecule has 0 fully saturated rings. The highest BCUT2D eigenvalue weighted by Crippen LogP contribution is 2.40. The van der Waals surface area contributed by atoms with Crippen LogP contribution >= 0.6 is 27.5 Å². The molecule has 1 aromatic heterocycles. The van der Waals surface area contributed by atoms with E-state index in [2.05, 4.69) is 15.9 Å². The van der Waals surface area contributed by atoms with Crippen molar-refractivity contribution in [3.8, 4) is 5.75 Å². The zero-order valence-electron chi connectivity index (χ0n) is 9.39. The number of hydrogen-bond acceptors (Lipinski definition) is 2. The van der Waals surface area contributed by atoms with Gasteiger partial charge in [-0.05, 0) is 37.0 Å². The van der Waals surface area contributed by atoms with Crippen molar-refractivity contribution in [1.29, 1.82) is 0 Å². The SMILES string of the molecule is COc1ccc(Br)c2c(Cl)c3c(nc12)CCC3. The van der Waals surface area contributed by atoms with Gasteiger partial charge in [0.25, 0.3) is 0 Å². The fraction of sp³-hybridized carbons (Fsp3) is 0.308. The first kappa shape index (κ1) is 11.3. The molecule has 2 nitrogen and oxygen atoms in total. The maximum Gasteiger partial charge on any atom is 0.145 e. The molecule has 0 unspecified atom stereocenters. The Morgan fingerprint density at radius 1 is 1.35 bits per heavy atom. The molecule has 1 aliphatic carbocycles. The number of methoxy groups -OCH3 is 1. The van der Waals surface area contributed by atoms with Crippen LogP contribution in [0.15, 0.2) is 16.6 Å². The number of hydrogen-bond donors (Lipinski definition) is 0. The fourth-order valence-corrected chi connectivity index (χ4v) is 3.43. The minimum absolute atomic E-state index is 0.778. The van der Waals surface area contributed by atoms with Crippen LogP contribution in [0.2, 0.25) is 5.02 Å². The second kappa shape index (κ2) is 4.14. The Morgan fingerprint density at radius 2 is 2.18 bits per heavy atom. The Morgan fingerprint density at radius 3 is 2.94 bits per heavy atom. The van der Waals surface area contributed by atoms with Crippen LogP contribution in [0.25, 0.3) is 10.9 Å². The second-order valence-electron chi connectivity index (χ2n) is 4.18. The lowest BCUT2D eigenvalue weighted by Crippen LogP contribution is -1.95. The number of fused-ring (bicyclic) bond motifs is 2. The van der Waals surface area contributed by atoms with Gasteiger partial charge in [-0.25, -0.2) is 4.98 Å². The van der Waals surface area contributed by atoms with Crippen molar-refractivity contribution in [2.75, 3.05) is 7.11 Å². The molecule has 1 aromatic carbocycles. The Bertz CT molecular complexity index is 612. The van der Waals surface area contributed by atoms with Gasteiger partial charge in [-0.2, -0.15) is 0 Å². The van der Waals surface area contributed by atoms with Crippen LogP contribution in [0.3, 0.4) is 0 Å². The second-order valence-corrected chi connectivity index (χ2v) is 5.41. The van der Waals surface area contributed by atoms with Gasteiger partial charge in [0.1, 0.15) is 11.3 Å². The normalized spacial score (nSPS) is 14.1. The fourth-order valence-electron chi connectivity index (χ4n) is 2.41. The molecule has 0 spiro atoms. The third-order valence-electron chi connectivity index (χ3n) is 3.23. The van der Waals surface area contributed by atoms with E-state index in [1.807, 2.05) is 12.1 Å². The van der Waals surface area contributed by atoms with Crippen LogP contribution in [0, 0.1) is 0 Å². The highest BCUT2D eigenvalue weighted by molar-refractivity contribution is 9.10. The lowest BCUT2D eigenvalue weighted by Gasteiger charge is -2.11. The standard InChI is InChI=1S/C13H11BrClNO/c1-17-10-6-5-8(14)11-12(15)7-3-2-4-9(7)16-13(10)11/h5-6H,2-4H2,1H3. The van der Waals surface area contributed by atoms with Crippen molar-refractivity contribution in [3.05, 3.63) is 32.9 Å². The smallest absolute Gasteiger partial charge is 0.145 e. The third-order valence-corrected chi connectivity index (χ3v) is 4.31. The predicted octanol–water partition coefficient (Wildman–Crippen LogP) is 4.15. The molecule has 17 heavy (non-hydrogen) atoms. The minimum atomic E-state index is 0.778. The number of aromatic nitrogens is 1. The minimum Gasteiger partial charge on any atom is -0.494 e. The summed E-state index contributed by atoms with van der Waals surface area (Å²) in [7, 11) is 1.66. The van der Waals surface area contributed by atoms with E-state index >= 15 is 0 Å². The van der Waals surface area contributed by atoms with Crippen LogP contribution in [-0.4, -0.2) is 12.1 Å². The van der Waals surface area contributed by atoms with Gasteiger partial charge >= 0.3 is 0 Å². The highest BCUT2D eigenvalue weighted by Gasteiger charge is 2.21. The van der Waals surface area contributed by atoms with Crippen LogP contribution in [0.4, 0.5) is 0 Å². The molecule has 88 valence electrons. The number of ether oxygens (including phenoxy) is 1. The van der Waals surface area contributed by atoms with Crippen LogP contribution in [0.5, 0.6) is 5.75 Å². The number of aryl methyl sites for hydroxylation is 1. The summed E-state index contributed by atoms with van der Waals surface area (Å²) in [6, 6.07) is 3.87. The summed E-state index contributed by atoms with van der Waals surface area (Å²) in [5.74, 6) is 0.778. The quantitative estimate of drug-likeness (QED) is 0.789. The lowest BCUT2D eigenvalue weighted by molar-refractivity contribution is 0.418. The molecule has 3 rings (SSSR count). The zero-order valence-corrected chi connectivity index (χ0v) is 11.7. The van der Waals surface area contributed by atoms with Gasteiger partial charge in [0, 0.05) is 15.6 Å². The Balaban J connectivity index is 2.45. The molecule has 0 radical (unpaired) electrons. The van der Waals surface area contributed by atoms with E-state index in [4.69, 9.17) is 21.3 Å². The van der Waals surface area contributed by atoms with Crippen molar-refractivity contribution >= 4 is 38.4 Å². The van der Waals surface area contributed by atoms with Gasteiger partial charge in [-0.3, -0.25) is 0 Å². The first-order valence-corrected chi connectivity index (χ1v) is 6.73. The Labute approximate surface area is 113 Å². The van der Waals surface area contributed by atoms with Gasteiger partial charge < -0.3 is 4.74 Å². The Kier molecular flexibility index (Phi) is 2.75. The van der Waals surface area contributed by atoms with E-state index in [0.717, 1.165) is 51.1 Å². The Hall–Kier alpha value is -0.800. The van der Waals surface area contributed by atoms with Gasteiger partial charge in [0.2, 0.25) is 0 Å². The summed E-state index contributed by atoms with van der Waals surface area (Å²) in [6.45, 7) is 0. The van der Waals surface area contributed by atoms with E-state index in [9.17, 15) is 0 Å². The van der Waals surface area contributed by atoms with Crippen molar-refractivity contribution in [3.63, 3.8) is 0 Å². The van der Waals surface area contributed by atoms with Crippen molar-refractivity contribution in [2.24, 2.45) is 0 Å². The first-order valence-electron chi connectivity index (χ1n) is 5.56. The number of halogens is 2. The van der Waals surface area contributed by atoms with Gasteiger partial charge in [-0.1, -0.05) is 27.5 Å². The zero-order chi connectivity index (χ0) is 12.0. The van der Waals surface area contributed by atoms with Gasteiger partial charge in [0.05, 0.1) is 12.1 Å². The average Bonchev–Trinajstić information content (AvgIpc) is 2.78. The van der Waals surface area contributed by atoms with Crippen molar-refractivity contribution in [1.82, 2.24) is 4.98 Å². The first-order chi connectivity index (χ1) is 8.22. The summed E-state index contributed by atoms with van der Waals surface area (Å²) in [5, 5.41) is 1.79. The molecule has 1 aliphatic rings. The third kappa shape index (κ3) is 1.64. The molecular formula is C13H11BrClNO. The largest absolute Gasteiger partial charge is 0.494 e. The molecule has 0 saturated carbocycles. The van der Waals surface area contributed by atoms with E-state index < -0.39 is 0 Å². The summed E-state index contributed by atoms with van der Waals surface area (Å²) in [5.41, 5.74) is 3.18. The molecule has 2 aromatic rings. The molecule has 0 N–H and O–H groups in total. The van der Waals surface area contributed by atoms with Gasteiger partial charge in [-0.15, -0.1) is 0 Å².